The van der Waals surface area contributed by atoms with Crippen LogP contribution in [0.1, 0.15) is 31.9 Å². The van der Waals surface area contributed by atoms with Gasteiger partial charge in [0.15, 0.2) is 0 Å². The number of hydrogen-bond donors (Lipinski definition) is 0. The van der Waals surface area contributed by atoms with Gasteiger partial charge in [-0.05, 0) is 5.56 Å². The zero-order chi connectivity index (χ0) is 16.0. The molecule has 5 nitrogen and oxygen atoms in total. The van der Waals surface area contributed by atoms with Gasteiger partial charge in [-0.15, -0.1) is 0 Å². The Bertz CT molecular complexity index is 489. The largest absolute Gasteiger partial charge is 0.469 e. The molecule has 0 saturated heterocycles. The summed E-state index contributed by atoms with van der Waals surface area (Å²) in [4.78, 5) is 22.7. The first-order valence-corrected chi connectivity index (χ1v) is 9.97. The topological polar surface area (TPSA) is 69.4 Å². The summed E-state index contributed by atoms with van der Waals surface area (Å²) in [6.07, 6.45) is 0. The van der Waals surface area contributed by atoms with E-state index in [4.69, 9.17) is 4.74 Å². The molecule has 0 aliphatic rings. The van der Waals surface area contributed by atoms with Gasteiger partial charge in [0.2, 0.25) is 0 Å². The summed E-state index contributed by atoms with van der Waals surface area (Å²) >= 11 is 0. The number of rotatable bonds is 7. The molecule has 0 N–H and O–H groups in total. The average molecular weight is 309 g/mol. The molecular weight excluding hydrogens is 286 g/mol. The zero-order valence-electron chi connectivity index (χ0n) is 13.1. The van der Waals surface area contributed by atoms with Crippen LogP contribution in [0, 0.1) is 10.1 Å². The molecule has 0 aliphatic heterocycles. The lowest BCUT2D eigenvalue weighted by molar-refractivity contribution is -0.384. The Labute approximate surface area is 126 Å². The van der Waals surface area contributed by atoms with Crippen LogP contribution in [-0.2, 0) is 9.53 Å². The Morgan fingerprint density at radius 1 is 1.19 bits per heavy atom. The number of benzene rings is 1. The van der Waals surface area contributed by atoms with Crippen LogP contribution in [0.15, 0.2) is 24.3 Å². The molecular formula is C15H23NO4Si. The molecule has 116 valence electrons. The van der Waals surface area contributed by atoms with Crippen LogP contribution in [0.4, 0.5) is 5.69 Å². The second kappa shape index (κ2) is 7.35. The van der Waals surface area contributed by atoms with Gasteiger partial charge in [-0.3, -0.25) is 14.9 Å². The number of nitro groups is 1. The fraction of sp³-hybridized carbons (Fsp3) is 0.533. The molecule has 1 atom stereocenters. The average Bonchev–Trinajstić information content (AvgIpc) is 2.52. The molecule has 1 aromatic rings. The van der Waals surface area contributed by atoms with Crippen molar-refractivity contribution in [3.63, 3.8) is 0 Å². The smallest absolute Gasteiger partial charge is 0.310 e. The maximum atomic E-state index is 12.3. The minimum Gasteiger partial charge on any atom is -0.469 e. The van der Waals surface area contributed by atoms with Crippen molar-refractivity contribution in [1.29, 1.82) is 0 Å². The summed E-state index contributed by atoms with van der Waals surface area (Å²) < 4.78 is 5.02. The van der Waals surface area contributed by atoms with Crippen LogP contribution >= 0.6 is 0 Å². The highest BCUT2D eigenvalue weighted by Gasteiger charge is 2.42. The summed E-state index contributed by atoms with van der Waals surface area (Å²) in [6.45, 7) is 6.38. The van der Waals surface area contributed by atoms with Crippen molar-refractivity contribution in [2.24, 2.45) is 0 Å². The van der Waals surface area contributed by atoms with Crippen LogP contribution in [-0.4, -0.2) is 26.1 Å². The number of nitro benzene ring substituents is 1. The number of esters is 1. The van der Waals surface area contributed by atoms with Crippen molar-refractivity contribution in [2.75, 3.05) is 7.11 Å². The monoisotopic (exact) mass is 309 g/mol. The van der Waals surface area contributed by atoms with Gasteiger partial charge < -0.3 is 4.74 Å². The predicted molar refractivity (Wildman–Crippen MR) is 85.1 cm³/mol. The first kappa shape index (κ1) is 17.4. The van der Waals surface area contributed by atoms with E-state index in [0.717, 1.165) is 23.7 Å². The molecule has 0 aromatic heterocycles. The number of carbonyl (C=O) groups excluding carboxylic acids is 1. The predicted octanol–water partition coefficient (Wildman–Crippen LogP) is 3.90. The fourth-order valence-electron chi connectivity index (χ4n) is 3.01. The van der Waals surface area contributed by atoms with Crippen LogP contribution in [0.2, 0.25) is 18.1 Å². The first-order valence-electron chi connectivity index (χ1n) is 7.27. The van der Waals surface area contributed by atoms with E-state index in [2.05, 4.69) is 20.8 Å². The van der Waals surface area contributed by atoms with E-state index >= 15 is 0 Å². The summed E-state index contributed by atoms with van der Waals surface area (Å²) in [7, 11) is -0.457. The Morgan fingerprint density at radius 3 is 2.00 bits per heavy atom. The molecule has 6 heteroatoms. The maximum Gasteiger partial charge on any atom is 0.310 e. The van der Waals surface area contributed by atoms with Crippen LogP contribution in [0.5, 0.6) is 0 Å². The number of non-ortho nitro benzene ring substituents is 1. The van der Waals surface area contributed by atoms with E-state index in [1.807, 2.05) is 0 Å². The van der Waals surface area contributed by atoms with Gasteiger partial charge in [0.05, 0.1) is 25.6 Å². The maximum absolute atomic E-state index is 12.3. The van der Waals surface area contributed by atoms with E-state index in [1.165, 1.54) is 19.2 Å². The molecule has 0 amide bonds. The van der Waals surface area contributed by atoms with Gasteiger partial charge in [0.25, 0.3) is 5.69 Å². The molecule has 0 aliphatic carbocycles. The van der Waals surface area contributed by atoms with Crippen molar-refractivity contribution >= 4 is 19.7 Å². The molecule has 21 heavy (non-hydrogen) atoms. The van der Waals surface area contributed by atoms with Gasteiger partial charge in [0.1, 0.15) is 0 Å². The van der Waals surface area contributed by atoms with E-state index in [0.29, 0.717) is 0 Å². The lowest BCUT2D eigenvalue weighted by atomic mass is 10.1. The highest BCUT2D eigenvalue weighted by atomic mass is 28.3. The van der Waals surface area contributed by atoms with E-state index in [1.54, 1.807) is 12.1 Å². The van der Waals surface area contributed by atoms with Crippen molar-refractivity contribution < 1.29 is 14.5 Å². The number of methoxy groups -OCH3 is 1. The van der Waals surface area contributed by atoms with Gasteiger partial charge in [-0.1, -0.05) is 51.0 Å². The lowest BCUT2D eigenvalue weighted by Crippen LogP contribution is -2.44. The highest BCUT2D eigenvalue weighted by molar-refractivity contribution is 6.83. The van der Waals surface area contributed by atoms with E-state index in [9.17, 15) is 14.9 Å². The van der Waals surface area contributed by atoms with Crippen molar-refractivity contribution in [3.8, 4) is 0 Å². The standard InChI is InChI=1S/C15H23NO4Si/c1-5-21(6-2,7-3)14(15(17)20-4)12-8-10-13(11-9-12)16(18)19/h8-11,14H,5-7H2,1-4H3. The quantitative estimate of drug-likeness (QED) is 0.331. The second-order valence-electron chi connectivity index (χ2n) is 5.23. The third-order valence-corrected chi connectivity index (χ3v) is 10.6. The molecule has 0 spiro atoms. The van der Waals surface area contributed by atoms with Gasteiger partial charge in [-0.2, -0.15) is 0 Å². The van der Waals surface area contributed by atoms with Gasteiger partial charge in [-0.25, -0.2) is 0 Å². The molecule has 0 heterocycles. The van der Waals surface area contributed by atoms with Crippen molar-refractivity contribution in [2.45, 2.75) is 44.4 Å². The number of hydrogen-bond acceptors (Lipinski definition) is 4. The highest BCUT2D eigenvalue weighted by Crippen LogP contribution is 2.37. The number of carbonyl (C=O) groups is 1. The lowest BCUT2D eigenvalue weighted by Gasteiger charge is -2.35. The zero-order valence-corrected chi connectivity index (χ0v) is 14.1. The van der Waals surface area contributed by atoms with E-state index in [-0.39, 0.29) is 17.2 Å². The summed E-state index contributed by atoms with van der Waals surface area (Å²) in [6, 6.07) is 9.27. The molecule has 0 bridgehead atoms. The molecule has 1 aromatic carbocycles. The Hall–Kier alpha value is -1.69. The molecule has 1 rings (SSSR count). The molecule has 1 unspecified atom stereocenters. The van der Waals surface area contributed by atoms with Crippen molar-refractivity contribution in [1.82, 2.24) is 0 Å². The van der Waals surface area contributed by atoms with Crippen LogP contribution in [0.25, 0.3) is 0 Å². The normalized spacial score (nSPS) is 12.8. The summed E-state index contributed by atoms with van der Waals surface area (Å²) in [5.74, 6) is -0.221. The minimum atomic E-state index is -1.86. The summed E-state index contributed by atoms with van der Waals surface area (Å²) in [5, 5.41) is 10.8. The third kappa shape index (κ3) is 3.50. The van der Waals surface area contributed by atoms with Gasteiger partial charge >= 0.3 is 5.97 Å². The Morgan fingerprint density at radius 2 is 1.67 bits per heavy atom. The molecule has 0 saturated carbocycles. The fourth-order valence-corrected chi connectivity index (χ4v) is 7.25. The van der Waals surface area contributed by atoms with Gasteiger partial charge in [0, 0.05) is 12.1 Å². The Balaban J connectivity index is 3.31. The molecule has 0 radical (unpaired) electrons. The first-order chi connectivity index (χ1) is 9.95. The Kier molecular flexibility index (Phi) is 6.08. The van der Waals surface area contributed by atoms with Crippen LogP contribution < -0.4 is 0 Å². The minimum absolute atomic E-state index is 0.0409. The number of ether oxygens (including phenoxy) is 1. The second-order valence-corrected chi connectivity index (χ2v) is 10.7. The van der Waals surface area contributed by atoms with Crippen molar-refractivity contribution in [3.05, 3.63) is 39.9 Å². The number of nitrogens with zero attached hydrogens (tertiary/aromatic N) is 1. The van der Waals surface area contributed by atoms with E-state index < -0.39 is 13.0 Å². The van der Waals surface area contributed by atoms with Crippen LogP contribution in [0.3, 0.4) is 0 Å². The third-order valence-electron chi connectivity index (χ3n) is 4.60. The SMILES string of the molecule is CC[Si](CC)(CC)C(C(=O)OC)c1ccc([N+](=O)[O-])cc1. The molecule has 0 fully saturated rings. The summed E-state index contributed by atoms with van der Waals surface area (Å²) in [5.41, 5.74) is 0.618.